The van der Waals surface area contributed by atoms with Gasteiger partial charge < -0.3 is 0 Å². The Morgan fingerprint density at radius 1 is 1.24 bits per heavy atom. The molecular weight excluding hydrogens is 259 g/mol. The standard InChI is InChI=1S/C12H8Cl2N2O/c13-9-1-2-10(14)8(5-9)6-12(17)11-7-15-3-4-16-11/h1-5,7H,6H2. The van der Waals surface area contributed by atoms with Crippen LogP contribution in [-0.4, -0.2) is 15.8 Å². The molecule has 0 aliphatic heterocycles. The minimum absolute atomic E-state index is 0.137. The predicted molar refractivity (Wildman–Crippen MR) is 66.5 cm³/mol. The van der Waals surface area contributed by atoms with E-state index in [0.717, 1.165) is 0 Å². The van der Waals surface area contributed by atoms with E-state index in [-0.39, 0.29) is 12.2 Å². The van der Waals surface area contributed by atoms with E-state index in [1.165, 1.54) is 18.6 Å². The summed E-state index contributed by atoms with van der Waals surface area (Å²) in [5.41, 5.74) is 1.01. The minimum atomic E-state index is -0.137. The number of nitrogens with zero attached hydrogens (tertiary/aromatic N) is 2. The molecule has 0 radical (unpaired) electrons. The molecule has 0 fully saturated rings. The molecule has 0 atom stereocenters. The van der Waals surface area contributed by atoms with Gasteiger partial charge in [-0.1, -0.05) is 23.2 Å². The number of ketones is 1. The number of hydrogen-bond acceptors (Lipinski definition) is 3. The van der Waals surface area contributed by atoms with Crippen molar-refractivity contribution in [3.63, 3.8) is 0 Å². The van der Waals surface area contributed by atoms with E-state index in [1.807, 2.05) is 0 Å². The highest BCUT2D eigenvalue weighted by atomic mass is 35.5. The lowest BCUT2D eigenvalue weighted by molar-refractivity contribution is 0.0988. The van der Waals surface area contributed by atoms with E-state index in [0.29, 0.717) is 21.3 Å². The zero-order valence-corrected chi connectivity index (χ0v) is 10.2. The second kappa shape index (κ2) is 5.25. The highest BCUT2D eigenvalue weighted by Gasteiger charge is 2.11. The second-order valence-electron chi connectivity index (χ2n) is 3.43. The lowest BCUT2D eigenvalue weighted by Crippen LogP contribution is -2.06. The van der Waals surface area contributed by atoms with Crippen LogP contribution in [0.25, 0.3) is 0 Å². The van der Waals surface area contributed by atoms with Crippen LogP contribution < -0.4 is 0 Å². The van der Waals surface area contributed by atoms with Gasteiger partial charge in [0.2, 0.25) is 0 Å². The molecule has 0 aliphatic rings. The van der Waals surface area contributed by atoms with Crippen molar-refractivity contribution < 1.29 is 4.79 Å². The molecular formula is C12H8Cl2N2O. The van der Waals surface area contributed by atoms with E-state index in [9.17, 15) is 4.79 Å². The molecule has 86 valence electrons. The van der Waals surface area contributed by atoms with Gasteiger partial charge in [-0.3, -0.25) is 9.78 Å². The first-order chi connectivity index (χ1) is 8.16. The van der Waals surface area contributed by atoms with Crippen molar-refractivity contribution in [2.45, 2.75) is 6.42 Å². The maximum absolute atomic E-state index is 11.9. The Morgan fingerprint density at radius 3 is 2.76 bits per heavy atom. The molecule has 5 heteroatoms. The molecule has 2 rings (SSSR count). The van der Waals surface area contributed by atoms with E-state index < -0.39 is 0 Å². The number of Topliss-reactive ketones (excluding diaryl/α,β-unsaturated/α-hetero) is 1. The summed E-state index contributed by atoms with van der Waals surface area (Å²) in [7, 11) is 0. The van der Waals surface area contributed by atoms with Gasteiger partial charge in [-0.05, 0) is 23.8 Å². The number of benzene rings is 1. The molecule has 1 aromatic carbocycles. The average Bonchev–Trinajstić information content (AvgIpc) is 2.35. The summed E-state index contributed by atoms with van der Waals surface area (Å²) < 4.78 is 0. The van der Waals surface area contributed by atoms with Gasteiger partial charge in [0, 0.05) is 28.9 Å². The molecule has 1 aromatic heterocycles. The summed E-state index contributed by atoms with van der Waals surface area (Å²) >= 11 is 11.8. The number of carbonyl (C=O) groups is 1. The van der Waals surface area contributed by atoms with Crippen molar-refractivity contribution in [1.29, 1.82) is 0 Å². The molecule has 2 aromatic rings. The molecule has 3 nitrogen and oxygen atoms in total. The van der Waals surface area contributed by atoms with Crippen LogP contribution in [0.5, 0.6) is 0 Å². The zero-order valence-electron chi connectivity index (χ0n) is 8.73. The number of halogens is 2. The van der Waals surface area contributed by atoms with Gasteiger partial charge in [0.25, 0.3) is 0 Å². The quantitative estimate of drug-likeness (QED) is 0.802. The van der Waals surface area contributed by atoms with Crippen LogP contribution in [0.1, 0.15) is 16.1 Å². The third-order valence-corrected chi connectivity index (χ3v) is 2.81. The summed E-state index contributed by atoms with van der Waals surface area (Å²) in [5.74, 6) is -0.137. The summed E-state index contributed by atoms with van der Waals surface area (Å²) in [4.78, 5) is 19.7. The van der Waals surface area contributed by atoms with Crippen molar-refractivity contribution in [2.24, 2.45) is 0 Å². The van der Waals surface area contributed by atoms with Gasteiger partial charge in [0.05, 0.1) is 6.20 Å². The first kappa shape index (κ1) is 12.0. The Hall–Kier alpha value is -1.45. The van der Waals surface area contributed by atoms with Gasteiger partial charge in [0.15, 0.2) is 5.78 Å². The van der Waals surface area contributed by atoms with Crippen LogP contribution in [-0.2, 0) is 6.42 Å². The predicted octanol–water partition coefficient (Wildman–Crippen LogP) is 3.21. The Balaban J connectivity index is 2.22. The number of hydrogen-bond donors (Lipinski definition) is 0. The summed E-state index contributed by atoms with van der Waals surface area (Å²) in [5, 5.41) is 1.07. The monoisotopic (exact) mass is 266 g/mol. The van der Waals surface area contributed by atoms with Crippen LogP contribution in [0.3, 0.4) is 0 Å². The van der Waals surface area contributed by atoms with Crippen LogP contribution in [0.15, 0.2) is 36.8 Å². The average molecular weight is 267 g/mol. The molecule has 1 heterocycles. The second-order valence-corrected chi connectivity index (χ2v) is 4.27. The van der Waals surface area contributed by atoms with Gasteiger partial charge >= 0.3 is 0 Å². The normalized spacial score (nSPS) is 10.2. The third kappa shape index (κ3) is 3.02. The smallest absolute Gasteiger partial charge is 0.187 e. The number of carbonyl (C=O) groups excluding carboxylic acids is 1. The Labute approximate surface area is 108 Å². The summed E-state index contributed by atoms with van der Waals surface area (Å²) in [6.45, 7) is 0. The fourth-order valence-corrected chi connectivity index (χ4v) is 1.76. The van der Waals surface area contributed by atoms with E-state index in [2.05, 4.69) is 9.97 Å². The number of aromatic nitrogens is 2. The van der Waals surface area contributed by atoms with Crippen LogP contribution in [0.4, 0.5) is 0 Å². The lowest BCUT2D eigenvalue weighted by Gasteiger charge is -2.03. The minimum Gasteiger partial charge on any atom is -0.292 e. The highest BCUT2D eigenvalue weighted by molar-refractivity contribution is 6.33. The van der Waals surface area contributed by atoms with Crippen molar-refractivity contribution in [3.05, 3.63) is 58.1 Å². The van der Waals surface area contributed by atoms with Crippen LogP contribution >= 0.6 is 23.2 Å². The molecule has 0 aliphatic carbocycles. The SMILES string of the molecule is O=C(Cc1cc(Cl)ccc1Cl)c1cnccn1. The maximum Gasteiger partial charge on any atom is 0.187 e. The summed E-state index contributed by atoms with van der Waals surface area (Å²) in [6.07, 6.45) is 4.59. The lowest BCUT2D eigenvalue weighted by atomic mass is 10.1. The molecule has 0 spiro atoms. The first-order valence-corrected chi connectivity index (χ1v) is 5.65. The van der Waals surface area contributed by atoms with E-state index in [1.54, 1.807) is 18.2 Å². The summed E-state index contributed by atoms with van der Waals surface area (Å²) in [6, 6.07) is 5.03. The molecule has 0 unspecified atom stereocenters. The Morgan fingerprint density at radius 2 is 2.06 bits per heavy atom. The molecule has 0 amide bonds. The van der Waals surface area contributed by atoms with Gasteiger partial charge in [-0.25, -0.2) is 4.98 Å². The fourth-order valence-electron chi connectivity index (χ4n) is 1.39. The van der Waals surface area contributed by atoms with Gasteiger partial charge in [-0.2, -0.15) is 0 Å². The fraction of sp³-hybridized carbons (Fsp3) is 0.0833. The van der Waals surface area contributed by atoms with Gasteiger partial charge in [0.1, 0.15) is 5.69 Å². The maximum atomic E-state index is 11.9. The molecule has 0 saturated carbocycles. The highest BCUT2D eigenvalue weighted by Crippen LogP contribution is 2.21. The van der Waals surface area contributed by atoms with Crippen LogP contribution in [0, 0.1) is 0 Å². The van der Waals surface area contributed by atoms with Crippen molar-refractivity contribution >= 4 is 29.0 Å². The first-order valence-electron chi connectivity index (χ1n) is 4.90. The molecule has 0 bridgehead atoms. The van der Waals surface area contributed by atoms with Crippen molar-refractivity contribution in [2.75, 3.05) is 0 Å². The zero-order chi connectivity index (χ0) is 12.3. The third-order valence-electron chi connectivity index (χ3n) is 2.21. The number of rotatable bonds is 3. The van der Waals surface area contributed by atoms with Gasteiger partial charge in [-0.15, -0.1) is 0 Å². The topological polar surface area (TPSA) is 42.9 Å². The molecule has 0 N–H and O–H groups in total. The van der Waals surface area contributed by atoms with E-state index >= 15 is 0 Å². The van der Waals surface area contributed by atoms with Crippen molar-refractivity contribution in [1.82, 2.24) is 9.97 Å². The Bertz CT molecular complexity index is 543. The van der Waals surface area contributed by atoms with Crippen molar-refractivity contribution in [3.8, 4) is 0 Å². The van der Waals surface area contributed by atoms with Crippen LogP contribution in [0.2, 0.25) is 10.0 Å². The van der Waals surface area contributed by atoms with E-state index in [4.69, 9.17) is 23.2 Å². The largest absolute Gasteiger partial charge is 0.292 e. The molecule has 17 heavy (non-hydrogen) atoms. The Kier molecular flexibility index (Phi) is 3.71. The molecule has 0 saturated heterocycles.